The molecular formula is C12H21N3O5. The van der Waals surface area contributed by atoms with Crippen LogP contribution in [0.15, 0.2) is 0 Å². The van der Waals surface area contributed by atoms with Crippen molar-refractivity contribution < 1.29 is 24.3 Å². The lowest BCUT2D eigenvalue weighted by molar-refractivity contribution is -0.137. The van der Waals surface area contributed by atoms with Crippen molar-refractivity contribution >= 4 is 23.8 Å². The second-order valence-electron chi connectivity index (χ2n) is 5.08. The first-order valence-electron chi connectivity index (χ1n) is 6.24. The van der Waals surface area contributed by atoms with Crippen molar-refractivity contribution in [1.29, 1.82) is 0 Å². The van der Waals surface area contributed by atoms with Crippen molar-refractivity contribution in [2.45, 2.75) is 39.5 Å². The number of aliphatic carboxylic acids is 1. The van der Waals surface area contributed by atoms with E-state index in [-0.39, 0.29) is 19.4 Å². The monoisotopic (exact) mass is 287 g/mol. The van der Waals surface area contributed by atoms with E-state index in [0.717, 1.165) is 0 Å². The minimum atomic E-state index is -0.920. The summed E-state index contributed by atoms with van der Waals surface area (Å²) in [5, 5.41) is 12.9. The van der Waals surface area contributed by atoms with E-state index >= 15 is 0 Å². The maximum absolute atomic E-state index is 11.4. The molecular weight excluding hydrogens is 266 g/mol. The van der Waals surface area contributed by atoms with Crippen LogP contribution in [-0.4, -0.2) is 35.5 Å². The van der Waals surface area contributed by atoms with Gasteiger partial charge in [-0.15, -0.1) is 0 Å². The van der Waals surface area contributed by atoms with E-state index in [0.29, 0.717) is 12.8 Å². The van der Waals surface area contributed by atoms with Crippen molar-refractivity contribution in [2.24, 2.45) is 11.1 Å². The Balaban J connectivity index is 3.89. The van der Waals surface area contributed by atoms with Gasteiger partial charge >= 0.3 is 12.0 Å². The van der Waals surface area contributed by atoms with Crippen LogP contribution in [0.5, 0.6) is 0 Å². The van der Waals surface area contributed by atoms with E-state index in [2.05, 4.69) is 10.6 Å². The second-order valence-corrected chi connectivity index (χ2v) is 5.08. The molecule has 0 bridgehead atoms. The van der Waals surface area contributed by atoms with E-state index in [1.54, 1.807) is 13.8 Å². The summed E-state index contributed by atoms with van der Waals surface area (Å²) in [7, 11) is 0. The number of hydrogen-bond acceptors (Lipinski definition) is 4. The summed E-state index contributed by atoms with van der Waals surface area (Å²) in [6, 6.07) is -0.706. The molecule has 5 N–H and O–H groups in total. The summed E-state index contributed by atoms with van der Waals surface area (Å²) in [5.41, 5.74) is 4.24. The molecule has 0 aliphatic heterocycles. The van der Waals surface area contributed by atoms with Gasteiger partial charge in [0.05, 0.1) is 5.41 Å². The maximum atomic E-state index is 11.4. The molecule has 20 heavy (non-hydrogen) atoms. The summed E-state index contributed by atoms with van der Waals surface area (Å²) >= 11 is 0. The molecule has 0 unspecified atom stereocenters. The molecule has 0 fully saturated rings. The predicted molar refractivity (Wildman–Crippen MR) is 70.6 cm³/mol. The molecule has 0 aromatic carbocycles. The number of unbranched alkanes of at least 4 members (excludes halogenated alkanes) is 1. The molecule has 0 heterocycles. The number of urea groups is 1. The van der Waals surface area contributed by atoms with Crippen LogP contribution in [0.4, 0.5) is 4.79 Å². The summed E-state index contributed by atoms with van der Waals surface area (Å²) in [5.74, 6) is -1.97. The molecule has 0 saturated carbocycles. The molecule has 4 amide bonds. The molecule has 0 aliphatic carbocycles. The first-order chi connectivity index (χ1) is 9.15. The van der Waals surface area contributed by atoms with Crippen molar-refractivity contribution in [3.63, 3.8) is 0 Å². The largest absolute Gasteiger partial charge is 0.481 e. The summed E-state index contributed by atoms with van der Waals surface area (Å²) in [4.78, 5) is 44.0. The van der Waals surface area contributed by atoms with Crippen LogP contribution < -0.4 is 16.4 Å². The number of primary amides is 1. The summed E-state index contributed by atoms with van der Waals surface area (Å²) in [6.07, 6.45) is 0.823. The lowest BCUT2D eigenvalue weighted by Gasteiger charge is -2.20. The normalized spacial score (nSPS) is 10.7. The van der Waals surface area contributed by atoms with Gasteiger partial charge in [0.25, 0.3) is 0 Å². The average Bonchev–Trinajstić information content (AvgIpc) is 2.32. The van der Waals surface area contributed by atoms with Crippen molar-refractivity contribution in [3.05, 3.63) is 0 Å². The highest BCUT2D eigenvalue weighted by molar-refractivity contribution is 5.94. The number of hydrogen-bond donors (Lipinski definition) is 4. The van der Waals surface area contributed by atoms with Crippen LogP contribution in [0.1, 0.15) is 39.5 Å². The summed E-state index contributed by atoms with van der Waals surface area (Å²) < 4.78 is 0. The highest BCUT2D eigenvalue weighted by atomic mass is 16.4. The molecule has 0 aliphatic rings. The highest BCUT2D eigenvalue weighted by Crippen LogP contribution is 2.11. The van der Waals surface area contributed by atoms with Gasteiger partial charge in [-0.2, -0.15) is 0 Å². The van der Waals surface area contributed by atoms with Crippen LogP contribution in [0, 0.1) is 5.41 Å². The van der Waals surface area contributed by atoms with Gasteiger partial charge in [-0.25, -0.2) is 4.79 Å². The molecule has 0 spiro atoms. The average molecular weight is 287 g/mol. The minimum Gasteiger partial charge on any atom is -0.481 e. The van der Waals surface area contributed by atoms with E-state index in [9.17, 15) is 19.2 Å². The lowest BCUT2D eigenvalue weighted by Crippen LogP contribution is -2.47. The Bertz CT molecular complexity index is 393. The Morgan fingerprint density at radius 2 is 1.65 bits per heavy atom. The zero-order valence-corrected chi connectivity index (χ0v) is 11.7. The molecule has 8 heteroatoms. The van der Waals surface area contributed by atoms with Crippen LogP contribution in [-0.2, 0) is 14.4 Å². The molecule has 0 rings (SSSR count). The zero-order valence-electron chi connectivity index (χ0n) is 11.7. The number of rotatable bonds is 8. The number of carbonyl (C=O) groups excluding carboxylic acids is 3. The van der Waals surface area contributed by atoms with Gasteiger partial charge in [0.2, 0.25) is 11.8 Å². The lowest BCUT2D eigenvalue weighted by atomic mass is 9.93. The van der Waals surface area contributed by atoms with Crippen LogP contribution >= 0.6 is 0 Å². The van der Waals surface area contributed by atoms with Gasteiger partial charge in [-0.3, -0.25) is 19.7 Å². The van der Waals surface area contributed by atoms with Gasteiger partial charge in [-0.05, 0) is 26.7 Å². The topological polar surface area (TPSA) is 139 Å². The van der Waals surface area contributed by atoms with Crippen LogP contribution in [0.25, 0.3) is 0 Å². The van der Waals surface area contributed by atoms with Gasteiger partial charge in [0, 0.05) is 19.4 Å². The Morgan fingerprint density at radius 1 is 1.10 bits per heavy atom. The number of carboxylic acid groups (broad SMARTS) is 1. The fourth-order valence-electron chi connectivity index (χ4n) is 1.18. The third-order valence-electron chi connectivity index (χ3n) is 2.66. The molecule has 0 saturated heterocycles. The van der Waals surface area contributed by atoms with E-state index in [4.69, 9.17) is 10.8 Å². The minimum absolute atomic E-state index is 0.00766. The van der Waals surface area contributed by atoms with E-state index in [1.807, 2.05) is 0 Å². The predicted octanol–water partition coefficient (Wildman–Crippen LogP) is -0.0313. The van der Waals surface area contributed by atoms with E-state index < -0.39 is 29.2 Å². The zero-order chi connectivity index (χ0) is 15.8. The molecule has 0 radical (unpaired) electrons. The van der Waals surface area contributed by atoms with Crippen molar-refractivity contribution in [1.82, 2.24) is 10.6 Å². The van der Waals surface area contributed by atoms with Gasteiger partial charge < -0.3 is 16.2 Å². The van der Waals surface area contributed by atoms with Crippen LogP contribution in [0.2, 0.25) is 0 Å². The van der Waals surface area contributed by atoms with E-state index in [1.165, 1.54) is 0 Å². The third kappa shape index (κ3) is 8.06. The smallest absolute Gasteiger partial charge is 0.321 e. The first kappa shape index (κ1) is 17.9. The Morgan fingerprint density at radius 3 is 2.15 bits per heavy atom. The third-order valence-corrected chi connectivity index (χ3v) is 2.66. The van der Waals surface area contributed by atoms with Crippen molar-refractivity contribution in [3.8, 4) is 0 Å². The Labute approximate surface area is 117 Å². The first-order valence-corrected chi connectivity index (χ1v) is 6.24. The SMILES string of the molecule is CC(C)(CNC(=O)NC(=O)CCCCC(=O)O)C(N)=O. The number of nitrogens with two attached hydrogens (primary N) is 1. The van der Waals surface area contributed by atoms with Gasteiger partial charge in [0.15, 0.2) is 0 Å². The highest BCUT2D eigenvalue weighted by Gasteiger charge is 2.25. The fourth-order valence-corrected chi connectivity index (χ4v) is 1.18. The number of nitrogens with one attached hydrogen (secondary N) is 2. The second kappa shape index (κ2) is 8.13. The summed E-state index contributed by atoms with van der Waals surface area (Å²) in [6.45, 7) is 3.16. The van der Waals surface area contributed by atoms with Crippen LogP contribution in [0.3, 0.4) is 0 Å². The quantitative estimate of drug-likeness (QED) is 0.464. The fraction of sp³-hybridized carbons (Fsp3) is 0.667. The van der Waals surface area contributed by atoms with Gasteiger partial charge in [-0.1, -0.05) is 0 Å². The Kier molecular flexibility index (Phi) is 7.27. The van der Waals surface area contributed by atoms with Crippen molar-refractivity contribution in [2.75, 3.05) is 6.54 Å². The number of carbonyl (C=O) groups is 4. The molecule has 0 atom stereocenters. The van der Waals surface area contributed by atoms with Gasteiger partial charge in [0.1, 0.15) is 0 Å². The molecule has 0 aromatic rings. The number of carboxylic acids is 1. The number of amides is 4. The maximum Gasteiger partial charge on any atom is 0.321 e. The standard InChI is InChI=1S/C12H21N3O5/c1-12(2,10(13)19)7-14-11(20)15-8(16)5-3-4-6-9(17)18/h3-7H2,1-2H3,(H2,13,19)(H,17,18)(H2,14,15,16,20). The molecule has 8 nitrogen and oxygen atoms in total. The number of imide groups is 1. The molecule has 0 aromatic heterocycles. The molecule has 114 valence electrons. The Hall–Kier alpha value is -2.12.